The second-order valence-corrected chi connectivity index (χ2v) is 20.2. The van der Waals surface area contributed by atoms with Gasteiger partial charge < -0.3 is 14.2 Å². The molecule has 0 aliphatic heterocycles. The number of hydrogen-bond acceptors (Lipinski definition) is 6. The van der Waals surface area contributed by atoms with Gasteiger partial charge in [-0.05, 0) is 96.3 Å². The third-order valence-electron chi connectivity index (χ3n) is 13.1. The van der Waals surface area contributed by atoms with Crippen molar-refractivity contribution in [3.05, 3.63) is 97.2 Å². The van der Waals surface area contributed by atoms with Gasteiger partial charge in [-0.25, -0.2) is 0 Å². The first-order valence-corrected chi connectivity index (χ1v) is 30.7. The van der Waals surface area contributed by atoms with Crippen LogP contribution in [0.3, 0.4) is 0 Å². The van der Waals surface area contributed by atoms with Crippen LogP contribution in [0.5, 0.6) is 0 Å². The van der Waals surface area contributed by atoms with E-state index in [1.807, 2.05) is 0 Å². The van der Waals surface area contributed by atoms with Crippen LogP contribution in [-0.4, -0.2) is 37.2 Å². The van der Waals surface area contributed by atoms with Gasteiger partial charge in [0.1, 0.15) is 13.2 Å². The molecule has 0 saturated carbocycles. The van der Waals surface area contributed by atoms with Gasteiger partial charge in [-0.1, -0.05) is 272 Å². The zero-order valence-corrected chi connectivity index (χ0v) is 47.9. The first-order chi connectivity index (χ1) is 36.0. The molecule has 0 rings (SSSR count). The number of rotatable bonds is 55. The fraction of sp³-hybridized carbons (Fsp3) is 0.716. The topological polar surface area (TPSA) is 78.9 Å². The molecule has 0 aliphatic rings. The molecule has 0 saturated heterocycles. The lowest BCUT2D eigenvalue weighted by molar-refractivity contribution is -0.167. The van der Waals surface area contributed by atoms with Crippen molar-refractivity contribution in [2.75, 3.05) is 13.2 Å². The van der Waals surface area contributed by atoms with Gasteiger partial charge in [0.05, 0.1) is 0 Å². The van der Waals surface area contributed by atoms with E-state index in [-0.39, 0.29) is 31.1 Å². The van der Waals surface area contributed by atoms with Crippen molar-refractivity contribution in [2.24, 2.45) is 0 Å². The van der Waals surface area contributed by atoms with Crippen molar-refractivity contribution >= 4 is 17.9 Å². The van der Waals surface area contributed by atoms with E-state index >= 15 is 0 Å². The van der Waals surface area contributed by atoms with Gasteiger partial charge in [0.2, 0.25) is 0 Å². The minimum Gasteiger partial charge on any atom is -0.462 e. The molecule has 0 aromatic carbocycles. The molecule has 0 fully saturated rings. The Labute approximate surface area is 451 Å². The fourth-order valence-electron chi connectivity index (χ4n) is 8.48. The summed E-state index contributed by atoms with van der Waals surface area (Å²) in [4.78, 5) is 38.1. The number of ether oxygens (including phenoxy) is 3. The molecule has 6 nitrogen and oxygen atoms in total. The summed E-state index contributed by atoms with van der Waals surface area (Å²) in [6, 6.07) is 0. The van der Waals surface area contributed by atoms with Crippen LogP contribution in [-0.2, 0) is 28.6 Å². The van der Waals surface area contributed by atoms with Crippen LogP contribution < -0.4 is 0 Å². The second-order valence-electron chi connectivity index (χ2n) is 20.2. The third kappa shape index (κ3) is 59.1. The van der Waals surface area contributed by atoms with E-state index in [2.05, 4.69) is 118 Å². The first-order valence-electron chi connectivity index (χ1n) is 30.7. The lowest BCUT2D eigenvalue weighted by Gasteiger charge is -2.18. The maximum absolute atomic E-state index is 12.8. The zero-order valence-electron chi connectivity index (χ0n) is 47.9. The second kappa shape index (κ2) is 60.9. The van der Waals surface area contributed by atoms with E-state index in [4.69, 9.17) is 14.2 Å². The number of unbranched alkanes of at least 4 members (excludes halogenated alkanes) is 28. The van der Waals surface area contributed by atoms with E-state index in [0.29, 0.717) is 19.3 Å². The highest BCUT2D eigenvalue weighted by Crippen LogP contribution is 2.16. The van der Waals surface area contributed by atoms with Crippen LogP contribution in [0.25, 0.3) is 0 Å². The standard InChI is InChI=1S/C67H114O6/c1-4-7-10-13-16-19-22-24-25-26-27-28-29-30-31-32-33-34-35-36-37-38-39-40-41-43-45-48-51-54-57-60-66(69)72-63-64(62-71-65(68)59-56-53-50-47-44-21-18-15-12-9-6-3)73-67(70)61-58-55-52-49-46-42-23-20-17-14-11-8-5-2/h7,10-11,14,16,19-20,23-25,27-28,30-31,33-34,64H,4-6,8-9,12-13,15,17-18,21-22,26,29,32,35-63H2,1-3H3/b10-7-,14-11-,19-16-,23-20-,25-24-,28-27-,31-30-,34-33-. The fourth-order valence-corrected chi connectivity index (χ4v) is 8.48. The Morgan fingerprint density at radius 3 is 0.890 bits per heavy atom. The van der Waals surface area contributed by atoms with Gasteiger partial charge in [-0.15, -0.1) is 0 Å². The van der Waals surface area contributed by atoms with Gasteiger partial charge in [-0.3, -0.25) is 14.4 Å². The molecule has 0 spiro atoms. The molecule has 0 aromatic rings. The van der Waals surface area contributed by atoms with Crippen LogP contribution >= 0.6 is 0 Å². The highest BCUT2D eigenvalue weighted by molar-refractivity contribution is 5.71. The van der Waals surface area contributed by atoms with E-state index in [0.717, 1.165) is 128 Å². The van der Waals surface area contributed by atoms with Crippen molar-refractivity contribution < 1.29 is 28.6 Å². The normalized spacial score (nSPS) is 12.8. The van der Waals surface area contributed by atoms with Gasteiger partial charge >= 0.3 is 17.9 Å². The molecule has 73 heavy (non-hydrogen) atoms. The van der Waals surface area contributed by atoms with Crippen LogP contribution in [0.15, 0.2) is 97.2 Å². The first kappa shape index (κ1) is 69.3. The zero-order chi connectivity index (χ0) is 52.9. The quantitative estimate of drug-likeness (QED) is 0.0261. The van der Waals surface area contributed by atoms with Crippen LogP contribution in [0.1, 0.15) is 290 Å². The lowest BCUT2D eigenvalue weighted by atomic mass is 10.0. The third-order valence-corrected chi connectivity index (χ3v) is 13.1. The van der Waals surface area contributed by atoms with Crippen LogP contribution in [0.4, 0.5) is 0 Å². The molecule has 0 aromatic heterocycles. The maximum atomic E-state index is 12.8. The van der Waals surface area contributed by atoms with E-state index < -0.39 is 6.10 Å². The number of allylic oxidation sites excluding steroid dienone is 16. The monoisotopic (exact) mass is 1010 g/mol. The van der Waals surface area contributed by atoms with Crippen molar-refractivity contribution in [3.8, 4) is 0 Å². The summed E-state index contributed by atoms with van der Waals surface area (Å²) in [5.41, 5.74) is 0. The van der Waals surface area contributed by atoms with Crippen molar-refractivity contribution in [1.29, 1.82) is 0 Å². The molecule has 0 N–H and O–H groups in total. The molecule has 0 bridgehead atoms. The Balaban J connectivity index is 4.17. The Bertz CT molecular complexity index is 1440. The summed E-state index contributed by atoms with van der Waals surface area (Å²) in [6.45, 7) is 6.45. The van der Waals surface area contributed by atoms with Crippen molar-refractivity contribution in [3.63, 3.8) is 0 Å². The average Bonchev–Trinajstić information content (AvgIpc) is 3.39. The lowest BCUT2D eigenvalue weighted by Crippen LogP contribution is -2.30. The highest BCUT2D eigenvalue weighted by atomic mass is 16.6. The predicted molar refractivity (Wildman–Crippen MR) is 316 cm³/mol. The van der Waals surface area contributed by atoms with Crippen LogP contribution in [0.2, 0.25) is 0 Å². The Kier molecular flexibility index (Phi) is 57.8. The van der Waals surface area contributed by atoms with E-state index in [9.17, 15) is 14.4 Å². The van der Waals surface area contributed by atoms with Gasteiger partial charge in [0.15, 0.2) is 6.10 Å². The molecular weight excluding hydrogens is 901 g/mol. The van der Waals surface area contributed by atoms with E-state index in [1.54, 1.807) is 0 Å². The number of hydrogen-bond donors (Lipinski definition) is 0. The summed E-state index contributed by atoms with van der Waals surface area (Å²) in [7, 11) is 0. The molecule has 0 radical (unpaired) electrons. The smallest absolute Gasteiger partial charge is 0.306 e. The largest absolute Gasteiger partial charge is 0.462 e. The molecule has 0 aliphatic carbocycles. The summed E-state index contributed by atoms with van der Waals surface area (Å²) in [5.74, 6) is -0.891. The predicted octanol–water partition coefficient (Wildman–Crippen LogP) is 20.9. The highest BCUT2D eigenvalue weighted by Gasteiger charge is 2.19. The maximum Gasteiger partial charge on any atom is 0.306 e. The van der Waals surface area contributed by atoms with Gasteiger partial charge in [-0.2, -0.15) is 0 Å². The number of carbonyl (C=O) groups excluding carboxylic acids is 3. The van der Waals surface area contributed by atoms with Gasteiger partial charge in [0.25, 0.3) is 0 Å². The number of esters is 3. The molecule has 0 heterocycles. The summed E-state index contributed by atoms with van der Waals surface area (Å²) in [5, 5.41) is 0. The molecule has 1 atom stereocenters. The van der Waals surface area contributed by atoms with Crippen molar-refractivity contribution in [2.45, 2.75) is 297 Å². The molecule has 0 amide bonds. The Morgan fingerprint density at radius 2 is 0.562 bits per heavy atom. The summed E-state index contributed by atoms with van der Waals surface area (Å²) >= 11 is 0. The van der Waals surface area contributed by atoms with Gasteiger partial charge in [0, 0.05) is 19.3 Å². The summed E-state index contributed by atoms with van der Waals surface area (Å²) in [6.07, 6.45) is 81.3. The Morgan fingerprint density at radius 1 is 0.288 bits per heavy atom. The summed E-state index contributed by atoms with van der Waals surface area (Å²) < 4.78 is 16.8. The van der Waals surface area contributed by atoms with Crippen molar-refractivity contribution in [1.82, 2.24) is 0 Å². The average molecular weight is 1020 g/mol. The minimum absolute atomic E-state index is 0.0805. The van der Waals surface area contributed by atoms with E-state index in [1.165, 1.54) is 122 Å². The molecule has 1 unspecified atom stereocenters. The Hall–Kier alpha value is -3.67. The number of carbonyl (C=O) groups is 3. The SMILES string of the molecule is CC/C=C\C/C=C\C/C=C\C/C=C\C/C=C\C/C=C\CCCCCCCCCCCCCCC(=O)OCC(COC(=O)CCCCCCCCCCCCC)OC(=O)CCCCCCC/C=C\C/C=C\CCC. The molecular formula is C67H114O6. The minimum atomic E-state index is -0.783. The van der Waals surface area contributed by atoms with Crippen LogP contribution in [0, 0.1) is 0 Å². The molecule has 418 valence electrons. The molecule has 6 heteroatoms.